The third kappa shape index (κ3) is 7.18. The lowest BCUT2D eigenvalue weighted by atomic mass is 9.73. The molecule has 0 aromatic heterocycles. The van der Waals surface area contributed by atoms with Crippen molar-refractivity contribution in [1.29, 1.82) is 0 Å². The first kappa shape index (κ1) is 28.6. The number of rotatable bonds is 5. The molecule has 2 aliphatic heterocycles. The molecule has 8 heteroatoms. The minimum Gasteiger partial charge on any atom is -0.491 e. The number of piperidine rings is 1. The van der Waals surface area contributed by atoms with E-state index < -0.39 is 5.41 Å². The van der Waals surface area contributed by atoms with E-state index in [0.717, 1.165) is 57.2 Å². The van der Waals surface area contributed by atoms with Gasteiger partial charge in [0.15, 0.2) is 0 Å². The molecule has 2 aromatic rings. The van der Waals surface area contributed by atoms with Crippen molar-refractivity contribution in [1.82, 2.24) is 15.5 Å². The highest BCUT2D eigenvalue weighted by Gasteiger charge is 2.42. The largest absolute Gasteiger partial charge is 0.491 e. The maximum Gasteiger partial charge on any atom is 0.255 e. The van der Waals surface area contributed by atoms with E-state index in [4.69, 9.17) is 4.74 Å². The fraction of sp³-hybridized carbons (Fsp3) is 0.516. The molecule has 2 atom stereocenters. The van der Waals surface area contributed by atoms with Crippen LogP contribution < -0.4 is 20.7 Å². The predicted octanol–water partition coefficient (Wildman–Crippen LogP) is 4.47. The first-order valence-corrected chi connectivity index (χ1v) is 14.2. The fourth-order valence-electron chi connectivity index (χ4n) is 5.49. The van der Waals surface area contributed by atoms with Crippen molar-refractivity contribution in [3.8, 4) is 5.75 Å². The summed E-state index contributed by atoms with van der Waals surface area (Å²) >= 11 is 0. The Labute approximate surface area is 231 Å². The highest BCUT2D eigenvalue weighted by atomic mass is 16.5. The topological polar surface area (TPSA) is 99.8 Å². The van der Waals surface area contributed by atoms with Crippen LogP contribution in [-0.4, -0.2) is 61.4 Å². The van der Waals surface area contributed by atoms with Gasteiger partial charge in [-0.05, 0) is 74.9 Å². The zero-order valence-corrected chi connectivity index (χ0v) is 23.4. The number of hydrogen-bond acceptors (Lipinski definition) is 6. The van der Waals surface area contributed by atoms with Gasteiger partial charge in [0.2, 0.25) is 5.91 Å². The van der Waals surface area contributed by atoms with Crippen LogP contribution in [0.2, 0.25) is 0 Å². The minimum atomic E-state index is -0.443. The molecule has 0 saturated carbocycles. The molecule has 2 aromatic carbocycles. The van der Waals surface area contributed by atoms with Crippen molar-refractivity contribution in [2.75, 3.05) is 31.6 Å². The van der Waals surface area contributed by atoms with Gasteiger partial charge in [-0.25, -0.2) is 0 Å². The third-order valence-corrected chi connectivity index (χ3v) is 8.25. The van der Waals surface area contributed by atoms with Crippen LogP contribution in [0.15, 0.2) is 48.5 Å². The number of amides is 2. The lowest BCUT2D eigenvalue weighted by Crippen LogP contribution is -2.55. The molecule has 2 aliphatic rings. The number of carbonyl (C=O) groups is 3. The van der Waals surface area contributed by atoms with Gasteiger partial charge in [0.25, 0.3) is 5.91 Å². The van der Waals surface area contributed by atoms with Crippen molar-refractivity contribution >= 4 is 23.8 Å². The standard InChI is InChI=1S/C31H42N4O4/c1-22(2)27-21-39-28-9-5-4-8-26(28)29(37)32-17-7-6-14-31(30(38)34-27)15-18-35(19-16-31)23(3)33-25-12-10-24(20-36)11-13-25/h4-5,8-13,20,22-23,27,33H,6-7,14-19,21H2,1-3H3,(H,32,37)(H,34,38)/t23?,27-/m1/s1. The van der Waals surface area contributed by atoms with Crippen LogP contribution in [0.25, 0.3) is 0 Å². The van der Waals surface area contributed by atoms with E-state index in [1.54, 1.807) is 6.07 Å². The van der Waals surface area contributed by atoms with Crippen molar-refractivity contribution in [3.63, 3.8) is 0 Å². The molecule has 210 valence electrons. The number of carbonyl (C=O) groups excluding carboxylic acids is 3. The van der Waals surface area contributed by atoms with Crippen LogP contribution in [0.1, 0.15) is 73.6 Å². The Morgan fingerprint density at radius 2 is 1.72 bits per heavy atom. The van der Waals surface area contributed by atoms with E-state index >= 15 is 0 Å². The second-order valence-corrected chi connectivity index (χ2v) is 11.2. The van der Waals surface area contributed by atoms with Crippen LogP contribution in [0.4, 0.5) is 5.69 Å². The van der Waals surface area contributed by atoms with Crippen LogP contribution in [-0.2, 0) is 4.79 Å². The molecule has 39 heavy (non-hydrogen) atoms. The van der Waals surface area contributed by atoms with E-state index in [1.807, 2.05) is 42.5 Å². The summed E-state index contributed by atoms with van der Waals surface area (Å²) in [7, 11) is 0. The number of hydrogen-bond donors (Lipinski definition) is 3. The normalized spacial score (nSPS) is 21.6. The first-order chi connectivity index (χ1) is 18.8. The summed E-state index contributed by atoms with van der Waals surface area (Å²) < 4.78 is 6.11. The van der Waals surface area contributed by atoms with Gasteiger partial charge < -0.3 is 20.7 Å². The molecule has 4 rings (SSSR count). The molecule has 0 aliphatic carbocycles. The maximum atomic E-state index is 13.9. The highest BCUT2D eigenvalue weighted by Crippen LogP contribution is 2.38. The SMILES string of the molecule is CC(C)[C@H]1COc2ccccc2C(=O)NCCCCC2(CCN(C(C)Nc3ccc(C=O)cc3)CC2)C(=O)N1. The van der Waals surface area contributed by atoms with Crippen molar-refractivity contribution in [2.24, 2.45) is 11.3 Å². The fourth-order valence-corrected chi connectivity index (χ4v) is 5.49. The number of benzene rings is 2. The molecule has 3 N–H and O–H groups in total. The second-order valence-electron chi connectivity index (χ2n) is 11.2. The van der Waals surface area contributed by atoms with Crippen molar-refractivity contribution < 1.29 is 19.1 Å². The number of nitrogens with one attached hydrogen (secondary N) is 3. The molecule has 0 bridgehead atoms. The average molecular weight is 535 g/mol. The van der Waals surface area contributed by atoms with Gasteiger partial charge in [-0.1, -0.05) is 32.4 Å². The lowest BCUT2D eigenvalue weighted by Gasteiger charge is -2.44. The van der Waals surface area contributed by atoms with E-state index in [0.29, 0.717) is 30.0 Å². The Hall–Kier alpha value is -3.39. The van der Waals surface area contributed by atoms with Gasteiger partial charge in [-0.3, -0.25) is 19.3 Å². The molecule has 1 unspecified atom stereocenters. The van der Waals surface area contributed by atoms with Gasteiger partial charge in [-0.15, -0.1) is 0 Å². The third-order valence-electron chi connectivity index (χ3n) is 8.25. The molecular weight excluding hydrogens is 492 g/mol. The summed E-state index contributed by atoms with van der Waals surface area (Å²) in [5.74, 6) is 0.703. The van der Waals surface area contributed by atoms with Crippen LogP contribution in [0, 0.1) is 11.3 Å². The van der Waals surface area contributed by atoms with E-state index in [2.05, 4.69) is 41.6 Å². The number of ether oxygens (including phenoxy) is 1. The van der Waals surface area contributed by atoms with Gasteiger partial charge >= 0.3 is 0 Å². The maximum absolute atomic E-state index is 13.9. The van der Waals surface area contributed by atoms with Gasteiger partial charge in [0.1, 0.15) is 18.6 Å². The monoisotopic (exact) mass is 534 g/mol. The zero-order chi connectivity index (χ0) is 27.8. The number of anilines is 1. The van der Waals surface area contributed by atoms with Gasteiger partial charge in [0.05, 0.1) is 23.2 Å². The summed E-state index contributed by atoms with van der Waals surface area (Å²) in [6.07, 6.45) is 4.96. The van der Waals surface area contributed by atoms with E-state index in [9.17, 15) is 14.4 Å². The quantitative estimate of drug-likeness (QED) is 0.490. The van der Waals surface area contributed by atoms with Crippen LogP contribution >= 0.6 is 0 Å². The predicted molar refractivity (Wildman–Crippen MR) is 153 cm³/mol. The second kappa shape index (κ2) is 13.1. The minimum absolute atomic E-state index is 0.0955. The van der Waals surface area contributed by atoms with E-state index in [1.165, 1.54) is 0 Å². The molecule has 8 nitrogen and oxygen atoms in total. The average Bonchev–Trinajstić information content (AvgIpc) is 2.95. The Morgan fingerprint density at radius 1 is 1.00 bits per heavy atom. The van der Waals surface area contributed by atoms with Crippen LogP contribution in [0.3, 0.4) is 0 Å². The Morgan fingerprint density at radius 3 is 2.41 bits per heavy atom. The highest BCUT2D eigenvalue weighted by molar-refractivity contribution is 5.96. The van der Waals surface area contributed by atoms with Gasteiger partial charge in [-0.2, -0.15) is 0 Å². The summed E-state index contributed by atoms with van der Waals surface area (Å²) in [5.41, 5.74) is 1.70. The molecular formula is C31H42N4O4. The smallest absolute Gasteiger partial charge is 0.255 e. The lowest BCUT2D eigenvalue weighted by molar-refractivity contribution is -0.136. The first-order valence-electron chi connectivity index (χ1n) is 14.2. The van der Waals surface area contributed by atoms with Crippen LogP contribution in [0.5, 0.6) is 5.75 Å². The van der Waals surface area contributed by atoms with Gasteiger partial charge in [0, 0.05) is 30.9 Å². The Kier molecular flexibility index (Phi) is 9.62. The summed E-state index contributed by atoms with van der Waals surface area (Å²) in [6, 6.07) is 14.6. The molecule has 0 radical (unpaired) electrons. The number of aldehydes is 1. The summed E-state index contributed by atoms with van der Waals surface area (Å²) in [4.78, 5) is 40.0. The number of fused-ring (bicyclic) bond motifs is 1. The summed E-state index contributed by atoms with van der Waals surface area (Å²) in [5, 5.41) is 9.89. The molecule has 1 fully saturated rings. The molecule has 2 heterocycles. The number of para-hydroxylation sites is 1. The number of likely N-dealkylation sites (tertiary alicyclic amines) is 1. The molecule has 1 saturated heterocycles. The molecule has 2 amide bonds. The van der Waals surface area contributed by atoms with Crippen molar-refractivity contribution in [2.45, 2.75) is 65.1 Å². The summed E-state index contributed by atoms with van der Waals surface area (Å²) in [6.45, 7) is 8.78. The Bertz CT molecular complexity index is 1130. The molecule has 1 spiro atoms. The van der Waals surface area contributed by atoms with E-state index in [-0.39, 0.29) is 29.9 Å². The van der Waals surface area contributed by atoms with Crippen molar-refractivity contribution in [3.05, 3.63) is 59.7 Å². The zero-order valence-electron chi connectivity index (χ0n) is 23.4. The number of nitrogens with zero attached hydrogens (tertiary/aromatic N) is 1. The Balaban J connectivity index is 1.45.